The lowest BCUT2D eigenvalue weighted by atomic mass is 10.2. The fourth-order valence-electron chi connectivity index (χ4n) is 3.54. The number of halogens is 1. The van der Waals surface area contributed by atoms with E-state index in [1.165, 1.54) is 29.5 Å². The second-order valence-corrected chi connectivity index (χ2v) is 8.44. The highest BCUT2D eigenvalue weighted by Crippen LogP contribution is 2.29. The Balaban J connectivity index is 1.40. The van der Waals surface area contributed by atoms with Gasteiger partial charge in [-0.25, -0.2) is 4.39 Å². The highest BCUT2D eigenvalue weighted by molar-refractivity contribution is 7.18. The zero-order valence-electron chi connectivity index (χ0n) is 17.0. The van der Waals surface area contributed by atoms with Crippen LogP contribution in [0.5, 0.6) is 5.75 Å². The summed E-state index contributed by atoms with van der Waals surface area (Å²) >= 11 is 1.23. The Kier molecular flexibility index (Phi) is 5.90. The Hall–Kier alpha value is -3.39. The number of rotatable bonds is 4. The molecule has 1 saturated heterocycles. The largest absolute Gasteiger partial charge is 0.508 e. The average molecular weight is 440 g/mol. The van der Waals surface area contributed by atoms with E-state index in [9.17, 15) is 19.1 Å². The van der Waals surface area contributed by atoms with Crippen LogP contribution in [-0.4, -0.2) is 48.0 Å². The van der Waals surface area contributed by atoms with Gasteiger partial charge in [0, 0.05) is 37.4 Å². The van der Waals surface area contributed by atoms with Gasteiger partial charge in [0.25, 0.3) is 11.8 Å². The number of benzene rings is 2. The van der Waals surface area contributed by atoms with Crippen molar-refractivity contribution in [3.05, 3.63) is 76.4 Å². The van der Waals surface area contributed by atoms with Crippen LogP contribution in [0.2, 0.25) is 0 Å². The number of anilines is 2. The van der Waals surface area contributed by atoms with Crippen molar-refractivity contribution in [2.24, 2.45) is 0 Å². The average Bonchev–Trinajstić information content (AvgIpc) is 3.13. The third-order valence-electron chi connectivity index (χ3n) is 5.22. The third-order valence-corrected chi connectivity index (χ3v) is 6.36. The number of nitrogens with one attached hydrogen (secondary N) is 1. The van der Waals surface area contributed by atoms with Crippen molar-refractivity contribution in [2.75, 3.05) is 36.4 Å². The van der Waals surface area contributed by atoms with Crippen molar-refractivity contribution in [1.29, 1.82) is 0 Å². The number of nitrogens with zero attached hydrogens (tertiary/aromatic N) is 2. The number of aryl methyl sites for hydroxylation is 1. The molecule has 2 amide bonds. The Morgan fingerprint density at radius 3 is 2.42 bits per heavy atom. The molecule has 0 radical (unpaired) electrons. The highest BCUT2D eigenvalue weighted by Gasteiger charge is 2.25. The van der Waals surface area contributed by atoms with E-state index >= 15 is 0 Å². The number of aromatic hydroxyl groups is 1. The molecule has 2 heterocycles. The number of amides is 2. The van der Waals surface area contributed by atoms with Crippen LogP contribution < -0.4 is 10.2 Å². The molecule has 3 aromatic rings. The molecule has 2 N–H and O–H groups in total. The van der Waals surface area contributed by atoms with Gasteiger partial charge in [0.2, 0.25) is 0 Å². The first kappa shape index (κ1) is 20.9. The first-order valence-electron chi connectivity index (χ1n) is 9.91. The van der Waals surface area contributed by atoms with Gasteiger partial charge in [-0.1, -0.05) is 6.07 Å². The molecule has 0 aliphatic carbocycles. The number of piperazine rings is 1. The molecule has 0 unspecified atom stereocenters. The molecule has 2 aromatic carbocycles. The smallest absolute Gasteiger partial charge is 0.264 e. The van der Waals surface area contributed by atoms with Crippen molar-refractivity contribution in [1.82, 2.24) is 4.90 Å². The lowest BCUT2D eigenvalue weighted by molar-refractivity contribution is 0.0751. The number of hydrogen-bond donors (Lipinski definition) is 2. The molecule has 4 rings (SSSR count). The standard InChI is InChI=1S/C23H22FN3O3S/c1-15-13-20(25-22(29)16-3-2-4-17(24)14-16)31-21(15)23(30)27-11-9-26(10-12-27)18-5-7-19(28)8-6-18/h2-8,13-14,28H,9-12H2,1H3,(H,25,29). The molecule has 1 fully saturated rings. The van der Waals surface area contributed by atoms with Gasteiger partial charge in [0.05, 0.1) is 9.88 Å². The van der Waals surface area contributed by atoms with Crippen LogP contribution in [0, 0.1) is 12.7 Å². The molecular weight excluding hydrogens is 417 g/mol. The summed E-state index contributed by atoms with van der Waals surface area (Å²) in [7, 11) is 0. The third kappa shape index (κ3) is 4.69. The van der Waals surface area contributed by atoms with Crippen LogP contribution in [0.15, 0.2) is 54.6 Å². The van der Waals surface area contributed by atoms with Crippen molar-refractivity contribution < 1.29 is 19.1 Å². The van der Waals surface area contributed by atoms with Crippen LogP contribution in [-0.2, 0) is 0 Å². The second kappa shape index (κ2) is 8.77. The maximum atomic E-state index is 13.4. The second-order valence-electron chi connectivity index (χ2n) is 7.38. The number of thiophene rings is 1. The minimum absolute atomic E-state index is 0.0564. The van der Waals surface area contributed by atoms with E-state index in [0.717, 1.165) is 11.3 Å². The molecule has 1 aliphatic rings. The van der Waals surface area contributed by atoms with E-state index in [1.54, 1.807) is 24.3 Å². The minimum Gasteiger partial charge on any atom is -0.508 e. The van der Waals surface area contributed by atoms with E-state index in [4.69, 9.17) is 0 Å². The Morgan fingerprint density at radius 1 is 1.03 bits per heavy atom. The van der Waals surface area contributed by atoms with E-state index in [-0.39, 0.29) is 17.2 Å². The summed E-state index contributed by atoms with van der Waals surface area (Å²) in [6, 6.07) is 14.3. The number of phenolic OH excluding ortho intramolecular Hbond substituents is 1. The van der Waals surface area contributed by atoms with Gasteiger partial charge in [-0.05, 0) is 61.0 Å². The van der Waals surface area contributed by atoms with Gasteiger partial charge in [-0.3, -0.25) is 9.59 Å². The van der Waals surface area contributed by atoms with Crippen molar-refractivity contribution in [3.8, 4) is 5.75 Å². The topological polar surface area (TPSA) is 72.9 Å². The Morgan fingerprint density at radius 2 is 1.74 bits per heavy atom. The summed E-state index contributed by atoms with van der Waals surface area (Å²) < 4.78 is 13.4. The number of carbonyl (C=O) groups excluding carboxylic acids is 2. The number of phenols is 1. The molecule has 6 nitrogen and oxygen atoms in total. The van der Waals surface area contributed by atoms with Gasteiger partial charge in [-0.15, -0.1) is 11.3 Å². The minimum atomic E-state index is -0.475. The first-order chi connectivity index (χ1) is 14.9. The van der Waals surface area contributed by atoms with Gasteiger partial charge in [0.1, 0.15) is 11.6 Å². The monoisotopic (exact) mass is 439 g/mol. The molecule has 0 saturated carbocycles. The number of carbonyl (C=O) groups is 2. The molecule has 8 heteroatoms. The molecule has 0 spiro atoms. The lowest BCUT2D eigenvalue weighted by Crippen LogP contribution is -2.48. The van der Waals surface area contributed by atoms with E-state index in [0.29, 0.717) is 36.1 Å². The lowest BCUT2D eigenvalue weighted by Gasteiger charge is -2.36. The van der Waals surface area contributed by atoms with Crippen molar-refractivity contribution >= 4 is 33.8 Å². The molecule has 1 aromatic heterocycles. The van der Waals surface area contributed by atoms with Crippen LogP contribution in [0.4, 0.5) is 15.1 Å². The summed E-state index contributed by atoms with van der Waals surface area (Å²) in [6.45, 7) is 4.41. The normalized spacial score (nSPS) is 13.9. The highest BCUT2D eigenvalue weighted by atomic mass is 32.1. The fourth-order valence-corrected chi connectivity index (χ4v) is 4.58. The molecule has 1 aliphatic heterocycles. The molecule has 31 heavy (non-hydrogen) atoms. The summed E-state index contributed by atoms with van der Waals surface area (Å²) in [5, 5.41) is 12.7. The maximum Gasteiger partial charge on any atom is 0.264 e. The fraction of sp³-hybridized carbons (Fsp3) is 0.217. The molecule has 0 bridgehead atoms. The quantitative estimate of drug-likeness (QED) is 0.642. The van der Waals surface area contributed by atoms with E-state index < -0.39 is 11.7 Å². The predicted octanol–water partition coefficient (Wildman–Crippen LogP) is 4.12. The van der Waals surface area contributed by atoms with Crippen molar-refractivity contribution in [2.45, 2.75) is 6.92 Å². The molecule has 160 valence electrons. The van der Waals surface area contributed by atoms with Crippen LogP contribution in [0.3, 0.4) is 0 Å². The molecule has 0 atom stereocenters. The van der Waals surface area contributed by atoms with Crippen LogP contribution >= 0.6 is 11.3 Å². The summed E-state index contributed by atoms with van der Waals surface area (Å²) in [5.74, 6) is -0.718. The zero-order valence-corrected chi connectivity index (χ0v) is 17.8. The maximum absolute atomic E-state index is 13.4. The van der Waals surface area contributed by atoms with Gasteiger partial charge >= 0.3 is 0 Å². The SMILES string of the molecule is Cc1cc(NC(=O)c2cccc(F)c2)sc1C(=O)N1CCN(c2ccc(O)cc2)CC1. The van der Waals surface area contributed by atoms with E-state index in [2.05, 4.69) is 10.2 Å². The molecular formula is C23H22FN3O3S. The van der Waals surface area contributed by atoms with Gasteiger partial charge < -0.3 is 20.2 Å². The Bertz CT molecular complexity index is 1110. The zero-order chi connectivity index (χ0) is 22.0. The first-order valence-corrected chi connectivity index (χ1v) is 10.7. The number of hydrogen-bond acceptors (Lipinski definition) is 5. The van der Waals surface area contributed by atoms with E-state index in [1.807, 2.05) is 24.0 Å². The van der Waals surface area contributed by atoms with Gasteiger partial charge in [-0.2, -0.15) is 0 Å². The predicted molar refractivity (Wildman–Crippen MR) is 120 cm³/mol. The summed E-state index contributed by atoms with van der Waals surface area (Å²) in [6.07, 6.45) is 0. The van der Waals surface area contributed by atoms with Crippen LogP contribution in [0.1, 0.15) is 25.6 Å². The van der Waals surface area contributed by atoms with Gasteiger partial charge in [0.15, 0.2) is 0 Å². The summed E-state index contributed by atoms with van der Waals surface area (Å²) in [4.78, 5) is 30.0. The Labute approximate surface area is 183 Å². The van der Waals surface area contributed by atoms with Crippen LogP contribution in [0.25, 0.3) is 0 Å². The summed E-state index contributed by atoms with van der Waals surface area (Å²) in [5.41, 5.74) is 2.04. The van der Waals surface area contributed by atoms with Crippen molar-refractivity contribution in [3.63, 3.8) is 0 Å².